The summed E-state index contributed by atoms with van der Waals surface area (Å²) in [6.45, 7) is 23.7. The van der Waals surface area contributed by atoms with Crippen molar-refractivity contribution in [1.29, 1.82) is 0 Å². The van der Waals surface area contributed by atoms with E-state index in [0.29, 0.717) is 6.61 Å². The summed E-state index contributed by atoms with van der Waals surface area (Å²) < 4.78 is 25.8. The topological polar surface area (TPSA) is 77.5 Å². The Morgan fingerprint density at radius 1 is 0.829 bits per heavy atom. The summed E-state index contributed by atoms with van der Waals surface area (Å²) in [6.07, 6.45) is -2.50. The van der Waals surface area contributed by atoms with Crippen LogP contribution in [0.3, 0.4) is 0 Å². The van der Waals surface area contributed by atoms with Crippen LogP contribution in [0.4, 0.5) is 0 Å². The molecule has 0 saturated carbocycles. The quantitative estimate of drug-likeness (QED) is 0.199. The van der Waals surface area contributed by atoms with Gasteiger partial charge in [0.1, 0.15) is 17.8 Å². The highest BCUT2D eigenvalue weighted by atomic mass is 28.4. The van der Waals surface area contributed by atoms with Crippen molar-refractivity contribution in [2.24, 2.45) is 0 Å². The monoisotopic (exact) mass is 600 g/mol. The van der Waals surface area contributed by atoms with E-state index in [-0.39, 0.29) is 16.5 Å². The van der Waals surface area contributed by atoms with Crippen molar-refractivity contribution >= 4 is 33.0 Å². The second-order valence-electron chi connectivity index (χ2n) is 14.8. The van der Waals surface area contributed by atoms with Crippen LogP contribution in [-0.2, 0) is 23.1 Å². The summed E-state index contributed by atoms with van der Waals surface area (Å²) in [5, 5.41) is 13.2. The number of aliphatic hydroxyl groups excluding tert-OH is 1. The van der Waals surface area contributed by atoms with Gasteiger partial charge in [0.2, 0.25) is 0 Å². The van der Waals surface area contributed by atoms with Gasteiger partial charge in [-0.3, -0.25) is 4.79 Å². The number of carbonyl (C=O) groups is 1. The number of rotatable bonds is 11. The summed E-state index contributed by atoms with van der Waals surface area (Å²) in [7, 11) is -5.05. The number of carbonyl (C=O) groups excluding carboxylic acids is 1. The minimum atomic E-state index is -2.92. The lowest BCUT2D eigenvalue weighted by atomic mass is 10.1. The molecule has 1 fully saturated rings. The Bertz CT molecular complexity index is 1090. The summed E-state index contributed by atoms with van der Waals surface area (Å²) in [6, 6.07) is 21.0. The van der Waals surface area contributed by atoms with Crippen LogP contribution < -0.4 is 10.4 Å². The maximum atomic E-state index is 12.5. The predicted octanol–water partition coefficient (Wildman–Crippen LogP) is 5.81. The van der Waals surface area contributed by atoms with Crippen molar-refractivity contribution in [2.45, 2.75) is 122 Å². The molecule has 4 atom stereocenters. The van der Waals surface area contributed by atoms with Crippen LogP contribution in [0.1, 0.15) is 68.7 Å². The van der Waals surface area contributed by atoms with E-state index in [9.17, 15) is 9.90 Å². The molecular weight excluding hydrogens is 549 g/mol. The third-order valence-electron chi connectivity index (χ3n) is 8.26. The van der Waals surface area contributed by atoms with Crippen molar-refractivity contribution in [2.75, 3.05) is 6.61 Å². The van der Waals surface area contributed by atoms with Crippen LogP contribution in [0.2, 0.25) is 23.2 Å². The number of ether oxygens (including phenoxy) is 2. The van der Waals surface area contributed by atoms with Crippen LogP contribution in [0.25, 0.3) is 0 Å². The van der Waals surface area contributed by atoms with E-state index in [0.717, 1.165) is 0 Å². The van der Waals surface area contributed by atoms with Gasteiger partial charge in [-0.25, -0.2) is 0 Å². The van der Waals surface area contributed by atoms with E-state index in [1.165, 1.54) is 10.4 Å². The van der Waals surface area contributed by atoms with Crippen molar-refractivity contribution in [3.8, 4) is 0 Å². The molecule has 8 heteroatoms. The minimum Gasteiger partial charge on any atom is -0.460 e. The van der Waals surface area contributed by atoms with Gasteiger partial charge in [-0.15, -0.1) is 0 Å². The lowest BCUT2D eigenvalue weighted by molar-refractivity contribution is -0.157. The Balaban J connectivity index is 2.01. The first-order valence-electron chi connectivity index (χ1n) is 14.8. The second kappa shape index (κ2) is 12.4. The number of benzene rings is 2. The standard InChI is InChI=1S/C33H52O6Si2/c1-31(2,3)38-28(35)22-26(34)29-30(37-29)27(23-36-40(10,11)32(4,5)6)39-41(33(7,8)9,24-18-14-12-15-19-24)25-20-16-13-17-21-25/h12-21,26-27,29-30,34H,22-23H2,1-11H3/t26-,27+,29-,30+/m0/s1. The molecule has 0 aromatic heterocycles. The largest absolute Gasteiger partial charge is 0.460 e. The van der Waals surface area contributed by atoms with Gasteiger partial charge in [-0.1, -0.05) is 102 Å². The van der Waals surface area contributed by atoms with Gasteiger partial charge in [-0.05, 0) is 54.3 Å². The SMILES string of the molecule is CC(C)(C)OC(=O)C[C@H](O)[C@@H]1O[C@@H]1[C@@H](CO[Si](C)(C)C(C)(C)C)O[Si](c1ccccc1)(c1ccccc1)C(C)(C)C. The second-order valence-corrected chi connectivity index (χ2v) is 23.9. The van der Waals surface area contributed by atoms with Crippen LogP contribution >= 0.6 is 0 Å². The zero-order valence-electron chi connectivity index (χ0n) is 27.0. The zero-order chi connectivity index (χ0) is 30.9. The zero-order valence-corrected chi connectivity index (χ0v) is 29.0. The van der Waals surface area contributed by atoms with Crippen molar-refractivity contribution < 1.29 is 28.2 Å². The van der Waals surface area contributed by atoms with E-state index in [1.807, 2.05) is 32.9 Å². The molecule has 41 heavy (non-hydrogen) atoms. The molecule has 1 aliphatic rings. The van der Waals surface area contributed by atoms with E-state index in [4.69, 9.17) is 18.3 Å². The molecule has 0 amide bonds. The van der Waals surface area contributed by atoms with Gasteiger partial charge in [-0.2, -0.15) is 0 Å². The van der Waals surface area contributed by atoms with E-state index in [1.54, 1.807) is 0 Å². The maximum absolute atomic E-state index is 12.5. The number of epoxide rings is 1. The molecule has 0 aliphatic carbocycles. The van der Waals surface area contributed by atoms with Crippen LogP contribution in [0.15, 0.2) is 60.7 Å². The maximum Gasteiger partial charge on any atom is 0.309 e. The molecule has 2 aromatic carbocycles. The van der Waals surface area contributed by atoms with Gasteiger partial charge in [0, 0.05) is 0 Å². The molecule has 6 nitrogen and oxygen atoms in total. The van der Waals surface area contributed by atoms with Gasteiger partial charge < -0.3 is 23.4 Å². The molecule has 0 unspecified atom stereocenters. The van der Waals surface area contributed by atoms with Crippen LogP contribution in [-0.4, -0.2) is 64.3 Å². The Kier molecular flexibility index (Phi) is 10.2. The molecule has 0 bridgehead atoms. The first-order chi connectivity index (χ1) is 18.8. The molecule has 0 spiro atoms. The fourth-order valence-electron chi connectivity index (χ4n) is 5.04. The minimum absolute atomic E-state index is 0.0228. The van der Waals surface area contributed by atoms with Gasteiger partial charge >= 0.3 is 5.97 Å². The lowest BCUT2D eigenvalue weighted by Crippen LogP contribution is -2.68. The highest BCUT2D eigenvalue weighted by Crippen LogP contribution is 2.42. The highest BCUT2D eigenvalue weighted by Gasteiger charge is 2.57. The normalized spacial score (nSPS) is 19.9. The Morgan fingerprint density at radius 3 is 1.73 bits per heavy atom. The number of hydrogen-bond donors (Lipinski definition) is 1. The number of aliphatic hydroxyl groups is 1. The first-order valence-corrected chi connectivity index (χ1v) is 19.6. The molecule has 228 valence electrons. The first kappa shape index (κ1) is 33.7. The van der Waals surface area contributed by atoms with Crippen LogP contribution in [0.5, 0.6) is 0 Å². The molecule has 1 aliphatic heterocycles. The van der Waals surface area contributed by atoms with Crippen LogP contribution in [0, 0.1) is 0 Å². The molecule has 1 N–H and O–H groups in total. The molecule has 1 saturated heterocycles. The average Bonchev–Trinajstić information content (AvgIpc) is 3.64. The molecule has 1 heterocycles. The molecule has 0 radical (unpaired) electrons. The predicted molar refractivity (Wildman–Crippen MR) is 171 cm³/mol. The summed E-state index contributed by atoms with van der Waals surface area (Å²) in [5.74, 6) is -0.443. The van der Waals surface area contributed by atoms with Gasteiger partial charge in [0.05, 0.1) is 25.2 Å². The smallest absolute Gasteiger partial charge is 0.309 e. The van der Waals surface area contributed by atoms with E-state index in [2.05, 4.69) is 103 Å². The fraction of sp³-hybridized carbons (Fsp3) is 0.606. The summed E-state index contributed by atoms with van der Waals surface area (Å²) in [4.78, 5) is 12.5. The summed E-state index contributed by atoms with van der Waals surface area (Å²) in [5.41, 5.74) is -0.619. The Morgan fingerprint density at radius 2 is 1.32 bits per heavy atom. The van der Waals surface area contributed by atoms with E-state index < -0.39 is 52.6 Å². The van der Waals surface area contributed by atoms with Crippen molar-refractivity contribution in [3.05, 3.63) is 60.7 Å². The van der Waals surface area contributed by atoms with Gasteiger partial charge in [0.25, 0.3) is 8.32 Å². The summed E-state index contributed by atoms with van der Waals surface area (Å²) >= 11 is 0. The fourth-order valence-corrected chi connectivity index (χ4v) is 10.7. The van der Waals surface area contributed by atoms with Gasteiger partial charge in [0.15, 0.2) is 8.32 Å². The Hall–Kier alpha value is -1.82. The third kappa shape index (κ3) is 8.18. The van der Waals surface area contributed by atoms with Crippen molar-refractivity contribution in [1.82, 2.24) is 0 Å². The molecular formula is C33H52O6Si2. The third-order valence-corrected chi connectivity index (χ3v) is 17.8. The lowest BCUT2D eigenvalue weighted by Gasteiger charge is -2.45. The van der Waals surface area contributed by atoms with Crippen molar-refractivity contribution in [3.63, 3.8) is 0 Å². The average molecular weight is 601 g/mol. The number of hydrogen-bond acceptors (Lipinski definition) is 6. The Labute approximate surface area is 250 Å². The molecule has 3 rings (SSSR count). The number of esters is 1. The molecule has 2 aromatic rings. The highest BCUT2D eigenvalue weighted by molar-refractivity contribution is 6.99. The van der Waals surface area contributed by atoms with E-state index >= 15 is 0 Å².